The van der Waals surface area contributed by atoms with Crippen LogP contribution in [-0.2, 0) is 4.79 Å². The van der Waals surface area contributed by atoms with E-state index in [1.807, 2.05) is 36.4 Å². The molecule has 1 aliphatic rings. The minimum absolute atomic E-state index is 0.0523. The number of amides is 2. The summed E-state index contributed by atoms with van der Waals surface area (Å²) in [7, 11) is 0. The first kappa shape index (κ1) is 13.4. The second-order valence-electron chi connectivity index (χ2n) is 5.17. The van der Waals surface area contributed by atoms with Crippen LogP contribution in [0.1, 0.15) is 28.3 Å². The van der Waals surface area contributed by atoms with Crippen LogP contribution in [0, 0.1) is 5.92 Å². The molecule has 0 aromatic heterocycles. The molecule has 0 spiro atoms. The van der Waals surface area contributed by atoms with E-state index in [0.29, 0.717) is 5.56 Å². The molecule has 4 nitrogen and oxygen atoms in total. The third kappa shape index (κ3) is 3.11. The Balaban J connectivity index is 1.51. The highest BCUT2D eigenvalue weighted by Crippen LogP contribution is 2.47. The molecule has 2 aromatic carbocycles. The Morgan fingerprint density at radius 3 is 2.14 bits per heavy atom. The van der Waals surface area contributed by atoms with Gasteiger partial charge >= 0.3 is 0 Å². The van der Waals surface area contributed by atoms with Gasteiger partial charge < -0.3 is 0 Å². The minimum atomic E-state index is -0.305. The van der Waals surface area contributed by atoms with Crippen LogP contribution in [-0.4, -0.2) is 11.8 Å². The van der Waals surface area contributed by atoms with Crippen molar-refractivity contribution in [2.75, 3.05) is 0 Å². The van der Waals surface area contributed by atoms with Gasteiger partial charge in [-0.1, -0.05) is 48.5 Å². The first-order valence-electron chi connectivity index (χ1n) is 6.96. The molecule has 1 fully saturated rings. The molecule has 1 aliphatic carbocycles. The first-order chi connectivity index (χ1) is 10.3. The monoisotopic (exact) mass is 280 g/mol. The van der Waals surface area contributed by atoms with E-state index >= 15 is 0 Å². The second kappa shape index (κ2) is 5.79. The fourth-order valence-corrected chi connectivity index (χ4v) is 2.43. The van der Waals surface area contributed by atoms with Gasteiger partial charge in [-0.05, 0) is 30.0 Å². The summed E-state index contributed by atoms with van der Waals surface area (Å²) in [5, 5.41) is 0. The van der Waals surface area contributed by atoms with Gasteiger partial charge in [-0.15, -0.1) is 0 Å². The van der Waals surface area contributed by atoms with Crippen molar-refractivity contribution in [1.29, 1.82) is 0 Å². The molecule has 0 aliphatic heterocycles. The SMILES string of the molecule is O=C(NNC(=O)[C@@H]1C[C@@H]1c1ccccc1)c1ccccc1. The molecule has 2 N–H and O–H groups in total. The maximum absolute atomic E-state index is 12.0. The third-order valence-corrected chi connectivity index (χ3v) is 3.69. The Kier molecular flexibility index (Phi) is 3.69. The lowest BCUT2D eigenvalue weighted by atomic mass is 10.1. The smallest absolute Gasteiger partial charge is 0.269 e. The van der Waals surface area contributed by atoms with E-state index < -0.39 is 0 Å². The summed E-state index contributed by atoms with van der Waals surface area (Å²) in [6.45, 7) is 0. The maximum Gasteiger partial charge on any atom is 0.269 e. The van der Waals surface area contributed by atoms with E-state index in [0.717, 1.165) is 6.42 Å². The second-order valence-corrected chi connectivity index (χ2v) is 5.17. The third-order valence-electron chi connectivity index (χ3n) is 3.69. The highest BCUT2D eigenvalue weighted by atomic mass is 16.2. The number of hydrogen-bond donors (Lipinski definition) is 2. The molecule has 0 radical (unpaired) electrons. The van der Waals surface area contributed by atoms with E-state index in [4.69, 9.17) is 0 Å². The quantitative estimate of drug-likeness (QED) is 0.847. The van der Waals surface area contributed by atoms with Gasteiger partial charge in [0.1, 0.15) is 0 Å². The van der Waals surface area contributed by atoms with Gasteiger partial charge in [-0.2, -0.15) is 0 Å². The van der Waals surface area contributed by atoms with Gasteiger partial charge in [-0.25, -0.2) is 0 Å². The summed E-state index contributed by atoms with van der Waals surface area (Å²) in [5.74, 6) is -0.225. The summed E-state index contributed by atoms with van der Waals surface area (Å²) in [6, 6.07) is 18.8. The fourth-order valence-electron chi connectivity index (χ4n) is 2.43. The maximum atomic E-state index is 12.0. The van der Waals surface area contributed by atoms with Gasteiger partial charge in [0.15, 0.2) is 0 Å². The normalized spacial score (nSPS) is 19.6. The van der Waals surface area contributed by atoms with Crippen LogP contribution in [0.15, 0.2) is 60.7 Å². The average Bonchev–Trinajstić information content (AvgIpc) is 3.35. The van der Waals surface area contributed by atoms with Gasteiger partial charge in [0, 0.05) is 11.5 Å². The molecule has 2 amide bonds. The van der Waals surface area contributed by atoms with Crippen LogP contribution >= 0.6 is 0 Å². The van der Waals surface area contributed by atoms with Gasteiger partial charge in [0.25, 0.3) is 5.91 Å². The Labute approximate surface area is 123 Å². The van der Waals surface area contributed by atoms with Crippen LogP contribution in [0.3, 0.4) is 0 Å². The highest BCUT2D eigenvalue weighted by molar-refractivity contribution is 5.95. The average molecular weight is 280 g/mol. The van der Waals surface area contributed by atoms with Crippen molar-refractivity contribution < 1.29 is 9.59 Å². The summed E-state index contributed by atoms with van der Waals surface area (Å²) < 4.78 is 0. The van der Waals surface area contributed by atoms with E-state index in [1.165, 1.54) is 5.56 Å². The van der Waals surface area contributed by atoms with E-state index in [2.05, 4.69) is 10.9 Å². The number of hydrazine groups is 1. The zero-order valence-electron chi connectivity index (χ0n) is 11.5. The molecule has 0 heterocycles. The van der Waals surface area contributed by atoms with Gasteiger partial charge in [0.2, 0.25) is 5.91 Å². The van der Waals surface area contributed by atoms with Crippen molar-refractivity contribution >= 4 is 11.8 Å². The standard InChI is InChI=1S/C17H16N2O2/c20-16(13-9-5-2-6-10-13)18-19-17(21)15-11-14(15)12-7-3-1-4-8-12/h1-10,14-15H,11H2,(H,18,20)(H,19,21)/t14-,15-/m1/s1. The molecule has 106 valence electrons. The van der Waals surface area contributed by atoms with Crippen molar-refractivity contribution in [1.82, 2.24) is 10.9 Å². The highest BCUT2D eigenvalue weighted by Gasteiger charge is 2.43. The summed E-state index contributed by atoms with van der Waals surface area (Å²) in [6.07, 6.45) is 0.830. The van der Waals surface area contributed by atoms with Crippen molar-refractivity contribution in [3.8, 4) is 0 Å². The number of benzene rings is 2. The van der Waals surface area contributed by atoms with Crippen molar-refractivity contribution in [2.24, 2.45) is 5.92 Å². The van der Waals surface area contributed by atoms with Crippen molar-refractivity contribution in [3.05, 3.63) is 71.8 Å². The largest absolute Gasteiger partial charge is 0.273 e. The van der Waals surface area contributed by atoms with Crippen molar-refractivity contribution in [3.63, 3.8) is 0 Å². The molecule has 1 saturated carbocycles. The molecule has 0 saturated heterocycles. The molecular formula is C17H16N2O2. The predicted octanol–water partition coefficient (Wildman–Crippen LogP) is 2.25. The topological polar surface area (TPSA) is 58.2 Å². The van der Waals surface area contributed by atoms with Crippen LogP contribution in [0.2, 0.25) is 0 Å². The number of hydrogen-bond acceptors (Lipinski definition) is 2. The Bertz CT molecular complexity index is 640. The van der Waals surface area contributed by atoms with Gasteiger partial charge in [-0.3, -0.25) is 20.4 Å². The Morgan fingerprint density at radius 2 is 1.48 bits per heavy atom. The molecule has 2 aromatic rings. The molecular weight excluding hydrogens is 264 g/mol. The number of nitrogens with one attached hydrogen (secondary N) is 2. The summed E-state index contributed by atoms with van der Waals surface area (Å²) >= 11 is 0. The Hall–Kier alpha value is -2.62. The van der Waals surface area contributed by atoms with Crippen LogP contribution in [0.5, 0.6) is 0 Å². The lowest BCUT2D eigenvalue weighted by molar-refractivity contribution is -0.123. The number of carbonyl (C=O) groups excluding carboxylic acids is 2. The molecule has 0 unspecified atom stereocenters. The molecule has 3 rings (SSSR count). The molecule has 21 heavy (non-hydrogen) atoms. The summed E-state index contributed by atoms with van der Waals surface area (Å²) in [5.41, 5.74) is 6.65. The fraction of sp³-hybridized carbons (Fsp3) is 0.176. The van der Waals surface area contributed by atoms with E-state index in [9.17, 15) is 9.59 Å². The lowest BCUT2D eigenvalue weighted by Gasteiger charge is -2.07. The number of carbonyl (C=O) groups is 2. The van der Waals surface area contributed by atoms with Crippen LogP contribution in [0.25, 0.3) is 0 Å². The zero-order valence-corrected chi connectivity index (χ0v) is 11.5. The predicted molar refractivity (Wildman–Crippen MR) is 79.3 cm³/mol. The van der Waals surface area contributed by atoms with E-state index in [1.54, 1.807) is 24.3 Å². The number of rotatable bonds is 3. The molecule has 2 atom stereocenters. The van der Waals surface area contributed by atoms with Crippen LogP contribution in [0.4, 0.5) is 0 Å². The van der Waals surface area contributed by atoms with E-state index in [-0.39, 0.29) is 23.7 Å². The molecule has 0 bridgehead atoms. The lowest BCUT2D eigenvalue weighted by Crippen LogP contribution is -2.42. The summed E-state index contributed by atoms with van der Waals surface area (Å²) in [4.78, 5) is 23.8. The van der Waals surface area contributed by atoms with Crippen molar-refractivity contribution in [2.45, 2.75) is 12.3 Å². The molecule has 4 heteroatoms. The van der Waals surface area contributed by atoms with Gasteiger partial charge in [0.05, 0.1) is 0 Å². The first-order valence-corrected chi connectivity index (χ1v) is 6.96. The minimum Gasteiger partial charge on any atom is -0.273 e. The Morgan fingerprint density at radius 1 is 0.857 bits per heavy atom. The van der Waals surface area contributed by atoms with Crippen LogP contribution < -0.4 is 10.9 Å². The zero-order chi connectivity index (χ0) is 14.7.